The second kappa shape index (κ2) is 6.80. The van der Waals surface area contributed by atoms with Crippen LogP contribution in [0.3, 0.4) is 0 Å². The number of carbonyl (C=O) groups is 3. The number of aliphatic carboxylic acids is 1. The van der Waals surface area contributed by atoms with Gasteiger partial charge in [0.2, 0.25) is 5.78 Å². The molecule has 0 radical (unpaired) electrons. The fourth-order valence-corrected chi connectivity index (χ4v) is 1.75. The Labute approximate surface area is 111 Å². The van der Waals surface area contributed by atoms with Gasteiger partial charge in [-0.2, -0.15) is 0 Å². The second-order valence-corrected chi connectivity index (χ2v) is 4.31. The van der Waals surface area contributed by atoms with Gasteiger partial charge in [0.05, 0.1) is 0 Å². The number of hydrogen-bond donors (Lipinski definition) is 2. The number of likely N-dealkylation sites (N-methyl/N-ethyl adjacent to an activating group) is 1. The summed E-state index contributed by atoms with van der Waals surface area (Å²) < 4.78 is 0. The van der Waals surface area contributed by atoms with E-state index in [1.165, 1.54) is 6.92 Å². The quantitative estimate of drug-likeness (QED) is 0.699. The Morgan fingerprint density at radius 3 is 2.58 bits per heavy atom. The summed E-state index contributed by atoms with van der Waals surface area (Å²) in [5.74, 6) is -1.91. The maximum Gasteiger partial charge on any atom is 0.321 e. The van der Waals surface area contributed by atoms with E-state index in [2.05, 4.69) is 5.32 Å². The molecule has 0 aromatic rings. The average Bonchev–Trinajstić information content (AvgIpc) is 2.59. The lowest BCUT2D eigenvalue weighted by molar-refractivity contribution is -0.139. The van der Waals surface area contributed by atoms with Crippen molar-refractivity contribution in [2.75, 3.05) is 7.05 Å². The van der Waals surface area contributed by atoms with Crippen molar-refractivity contribution in [2.24, 2.45) is 0 Å². The molecule has 0 aromatic heterocycles. The number of carboxylic acid groups (broad SMARTS) is 1. The number of carbonyl (C=O) groups excluding carboxylic acids is 2. The molecule has 0 saturated carbocycles. The molecule has 0 saturated heterocycles. The first-order valence-electron chi connectivity index (χ1n) is 5.97. The van der Waals surface area contributed by atoms with Crippen LogP contribution >= 0.6 is 0 Å². The predicted molar refractivity (Wildman–Crippen MR) is 70.7 cm³/mol. The number of allylic oxidation sites excluding steroid dienone is 5. The molecule has 0 heterocycles. The van der Waals surface area contributed by atoms with Crippen molar-refractivity contribution in [3.63, 3.8) is 0 Å². The molecule has 5 heteroatoms. The van der Waals surface area contributed by atoms with E-state index in [1.54, 1.807) is 31.4 Å². The molecule has 1 aliphatic carbocycles. The molecule has 0 aromatic carbocycles. The zero-order valence-electron chi connectivity index (χ0n) is 11.0. The molecule has 1 rings (SSSR count). The molecular weight excluding hydrogens is 246 g/mol. The van der Waals surface area contributed by atoms with Crippen LogP contribution in [0.15, 0.2) is 35.5 Å². The molecule has 2 N–H and O–H groups in total. The van der Waals surface area contributed by atoms with Crippen molar-refractivity contribution < 1.29 is 19.5 Å². The normalized spacial score (nSPS) is 16.1. The molecule has 0 aliphatic heterocycles. The van der Waals surface area contributed by atoms with E-state index in [9.17, 15) is 14.4 Å². The van der Waals surface area contributed by atoms with E-state index in [4.69, 9.17) is 5.11 Å². The van der Waals surface area contributed by atoms with E-state index in [0.29, 0.717) is 18.4 Å². The molecule has 0 bridgehead atoms. The van der Waals surface area contributed by atoms with Crippen molar-refractivity contribution >= 4 is 17.5 Å². The number of carboxylic acids is 1. The smallest absolute Gasteiger partial charge is 0.321 e. The third-order valence-corrected chi connectivity index (χ3v) is 2.87. The highest BCUT2D eigenvalue weighted by Gasteiger charge is 2.17. The lowest BCUT2D eigenvalue weighted by atomic mass is 10.1. The fourth-order valence-electron chi connectivity index (χ4n) is 1.75. The van der Waals surface area contributed by atoms with Crippen molar-refractivity contribution in [1.82, 2.24) is 5.32 Å². The molecule has 1 aliphatic rings. The molecule has 0 fully saturated rings. The highest BCUT2D eigenvalue weighted by molar-refractivity contribution is 6.42. The third kappa shape index (κ3) is 4.30. The van der Waals surface area contributed by atoms with Crippen LogP contribution in [-0.4, -0.2) is 35.7 Å². The maximum atomic E-state index is 11.6. The number of nitrogens with one attached hydrogen (secondary N) is 1. The van der Waals surface area contributed by atoms with Crippen molar-refractivity contribution in [3.8, 4) is 0 Å². The number of Topliss-reactive ketones (excluding diaryl/α,β-unsaturated/α-hetero) is 2. The topological polar surface area (TPSA) is 83.5 Å². The van der Waals surface area contributed by atoms with Gasteiger partial charge in [-0.25, -0.2) is 0 Å². The summed E-state index contributed by atoms with van der Waals surface area (Å²) in [7, 11) is 1.58. The van der Waals surface area contributed by atoms with Crippen molar-refractivity contribution in [3.05, 3.63) is 35.5 Å². The van der Waals surface area contributed by atoms with Gasteiger partial charge in [-0.15, -0.1) is 0 Å². The Kier molecular flexibility index (Phi) is 5.38. The van der Waals surface area contributed by atoms with Crippen molar-refractivity contribution in [1.29, 1.82) is 0 Å². The summed E-state index contributed by atoms with van der Waals surface area (Å²) in [6.07, 6.45) is 7.53. The standard InChI is InChI=1S/C14H17NO4/c1-9(16)13(17)11-5-3-4-10(6-7-11)8-12(15-2)14(18)19/h3-4,6-7,12,15H,5,8H2,1-2H3,(H,18,19). The van der Waals surface area contributed by atoms with Crippen LogP contribution in [0.1, 0.15) is 19.8 Å². The van der Waals surface area contributed by atoms with Crippen LogP contribution in [0.25, 0.3) is 0 Å². The first-order chi connectivity index (χ1) is 8.95. The Morgan fingerprint density at radius 2 is 2.05 bits per heavy atom. The Hall–Kier alpha value is -2.01. The minimum absolute atomic E-state index is 0.320. The zero-order chi connectivity index (χ0) is 14.4. The molecule has 1 unspecified atom stereocenters. The highest BCUT2D eigenvalue weighted by Crippen LogP contribution is 2.16. The summed E-state index contributed by atoms with van der Waals surface area (Å²) in [5.41, 5.74) is 1.23. The lowest BCUT2D eigenvalue weighted by Gasteiger charge is -2.10. The largest absolute Gasteiger partial charge is 0.480 e. The Bertz CT molecular complexity index is 486. The predicted octanol–water partition coefficient (Wildman–Crippen LogP) is 1.02. The molecule has 102 valence electrons. The van der Waals surface area contributed by atoms with Crippen LogP contribution in [0.2, 0.25) is 0 Å². The van der Waals surface area contributed by atoms with Gasteiger partial charge in [0, 0.05) is 12.5 Å². The summed E-state index contributed by atoms with van der Waals surface area (Å²) in [4.78, 5) is 33.5. The molecule has 5 nitrogen and oxygen atoms in total. The summed E-state index contributed by atoms with van der Waals surface area (Å²) >= 11 is 0. The van der Waals surface area contributed by atoms with Gasteiger partial charge in [0.25, 0.3) is 0 Å². The van der Waals surface area contributed by atoms with Crippen LogP contribution < -0.4 is 5.32 Å². The molecule has 19 heavy (non-hydrogen) atoms. The maximum absolute atomic E-state index is 11.6. The van der Waals surface area contributed by atoms with E-state index in [0.717, 1.165) is 5.57 Å². The van der Waals surface area contributed by atoms with Gasteiger partial charge in [0.15, 0.2) is 5.78 Å². The lowest BCUT2D eigenvalue weighted by Crippen LogP contribution is -2.33. The van der Waals surface area contributed by atoms with Crippen LogP contribution in [0.5, 0.6) is 0 Å². The minimum atomic E-state index is -0.926. The van der Waals surface area contributed by atoms with E-state index in [1.807, 2.05) is 0 Å². The third-order valence-electron chi connectivity index (χ3n) is 2.87. The van der Waals surface area contributed by atoms with Gasteiger partial charge in [-0.05, 0) is 25.5 Å². The van der Waals surface area contributed by atoms with Crippen LogP contribution in [0.4, 0.5) is 0 Å². The van der Waals surface area contributed by atoms with Crippen LogP contribution in [-0.2, 0) is 14.4 Å². The Morgan fingerprint density at radius 1 is 1.37 bits per heavy atom. The summed E-state index contributed by atoms with van der Waals surface area (Å²) in [6.45, 7) is 1.24. The fraction of sp³-hybridized carbons (Fsp3) is 0.357. The monoisotopic (exact) mass is 263 g/mol. The molecule has 1 atom stereocenters. The SMILES string of the molecule is CNC(CC1=CC=C(C(=O)C(C)=O)CC=C1)C(=O)O. The van der Waals surface area contributed by atoms with E-state index >= 15 is 0 Å². The van der Waals surface area contributed by atoms with Gasteiger partial charge in [-0.3, -0.25) is 14.4 Å². The number of rotatable bonds is 6. The highest BCUT2D eigenvalue weighted by atomic mass is 16.4. The second-order valence-electron chi connectivity index (χ2n) is 4.31. The summed E-state index contributed by atoms with van der Waals surface area (Å²) in [6, 6.07) is -0.672. The van der Waals surface area contributed by atoms with E-state index < -0.39 is 23.6 Å². The minimum Gasteiger partial charge on any atom is -0.480 e. The van der Waals surface area contributed by atoms with E-state index in [-0.39, 0.29) is 0 Å². The van der Waals surface area contributed by atoms with Gasteiger partial charge in [0.1, 0.15) is 6.04 Å². The number of hydrogen-bond acceptors (Lipinski definition) is 4. The summed E-state index contributed by atoms with van der Waals surface area (Å²) in [5, 5.41) is 11.7. The molecule has 0 spiro atoms. The van der Waals surface area contributed by atoms with Crippen LogP contribution in [0, 0.1) is 0 Å². The molecule has 0 amide bonds. The van der Waals surface area contributed by atoms with Gasteiger partial charge < -0.3 is 10.4 Å². The van der Waals surface area contributed by atoms with Gasteiger partial charge in [-0.1, -0.05) is 24.3 Å². The average molecular weight is 263 g/mol. The first kappa shape index (κ1) is 15.0. The zero-order valence-corrected chi connectivity index (χ0v) is 11.0. The first-order valence-corrected chi connectivity index (χ1v) is 5.97. The van der Waals surface area contributed by atoms with Crippen molar-refractivity contribution in [2.45, 2.75) is 25.8 Å². The Balaban J connectivity index is 2.85. The van der Waals surface area contributed by atoms with Gasteiger partial charge >= 0.3 is 5.97 Å². The molecular formula is C14H17NO4. The number of ketones is 2.